The molecule has 1 aliphatic rings. The van der Waals surface area contributed by atoms with Gasteiger partial charge in [0.25, 0.3) is 0 Å². The normalized spacial score (nSPS) is 28.8. The lowest BCUT2D eigenvalue weighted by Crippen LogP contribution is -2.23. The summed E-state index contributed by atoms with van der Waals surface area (Å²) < 4.78 is 0. The molecule has 2 atom stereocenters. The molecule has 14 heavy (non-hydrogen) atoms. The van der Waals surface area contributed by atoms with E-state index in [-0.39, 0.29) is 5.92 Å². The van der Waals surface area contributed by atoms with Crippen LogP contribution < -0.4 is 0 Å². The fraction of sp³-hybridized carbons (Fsp3) is 0.917. The zero-order valence-electron chi connectivity index (χ0n) is 9.33. The van der Waals surface area contributed by atoms with Crippen LogP contribution in [0, 0.1) is 17.8 Å². The Morgan fingerprint density at radius 3 is 2.50 bits per heavy atom. The van der Waals surface area contributed by atoms with E-state index >= 15 is 0 Å². The molecular formula is C12H22O2. The molecule has 0 saturated heterocycles. The van der Waals surface area contributed by atoms with Gasteiger partial charge in [0.05, 0.1) is 5.92 Å². The van der Waals surface area contributed by atoms with Crippen LogP contribution in [0.25, 0.3) is 0 Å². The summed E-state index contributed by atoms with van der Waals surface area (Å²) in [7, 11) is 0. The predicted molar refractivity (Wildman–Crippen MR) is 57.2 cm³/mol. The molecule has 2 heteroatoms. The molecule has 0 heterocycles. The molecule has 1 fully saturated rings. The Bertz CT molecular complexity index is 187. The lowest BCUT2D eigenvalue weighted by molar-refractivity contribution is -0.144. The molecular weight excluding hydrogens is 176 g/mol. The highest BCUT2D eigenvalue weighted by Gasteiger charge is 2.29. The summed E-state index contributed by atoms with van der Waals surface area (Å²) in [5.74, 6) is 0.410. The molecule has 0 aromatic rings. The fourth-order valence-corrected chi connectivity index (χ4v) is 2.60. The summed E-state index contributed by atoms with van der Waals surface area (Å²) in [6, 6.07) is 0. The maximum absolute atomic E-state index is 11.1. The first kappa shape index (κ1) is 11.5. The number of hydrogen-bond donors (Lipinski definition) is 1. The van der Waals surface area contributed by atoms with Gasteiger partial charge in [0.1, 0.15) is 0 Å². The van der Waals surface area contributed by atoms with Crippen molar-refractivity contribution in [3.63, 3.8) is 0 Å². The molecule has 1 saturated carbocycles. The van der Waals surface area contributed by atoms with Crippen LogP contribution in [-0.2, 0) is 4.79 Å². The Morgan fingerprint density at radius 1 is 1.29 bits per heavy atom. The van der Waals surface area contributed by atoms with E-state index in [2.05, 4.69) is 13.8 Å². The molecule has 0 amide bonds. The lowest BCUT2D eigenvalue weighted by atomic mass is 9.82. The molecule has 2 unspecified atom stereocenters. The number of carboxylic acid groups (broad SMARTS) is 1. The van der Waals surface area contributed by atoms with Crippen molar-refractivity contribution < 1.29 is 9.90 Å². The van der Waals surface area contributed by atoms with Gasteiger partial charge in [-0.15, -0.1) is 0 Å². The van der Waals surface area contributed by atoms with E-state index in [0.717, 1.165) is 25.7 Å². The van der Waals surface area contributed by atoms with E-state index in [1.165, 1.54) is 12.8 Å². The minimum absolute atomic E-state index is 0.0695. The molecule has 0 spiro atoms. The van der Waals surface area contributed by atoms with E-state index in [1.54, 1.807) is 0 Å². The SMILES string of the molecule is CC(C)CC1CCCCCC1C(=O)O. The molecule has 82 valence electrons. The van der Waals surface area contributed by atoms with Crippen molar-refractivity contribution in [1.82, 2.24) is 0 Å². The van der Waals surface area contributed by atoms with Crippen LogP contribution in [0.1, 0.15) is 52.4 Å². The smallest absolute Gasteiger partial charge is 0.306 e. The zero-order chi connectivity index (χ0) is 10.6. The number of hydrogen-bond acceptors (Lipinski definition) is 1. The maximum atomic E-state index is 11.1. The largest absolute Gasteiger partial charge is 0.481 e. The van der Waals surface area contributed by atoms with Crippen LogP contribution in [0.3, 0.4) is 0 Å². The van der Waals surface area contributed by atoms with Gasteiger partial charge < -0.3 is 5.11 Å². The van der Waals surface area contributed by atoms with Gasteiger partial charge in [0.2, 0.25) is 0 Å². The van der Waals surface area contributed by atoms with E-state index in [9.17, 15) is 4.79 Å². The third kappa shape index (κ3) is 3.32. The van der Waals surface area contributed by atoms with Crippen LogP contribution in [0.4, 0.5) is 0 Å². The monoisotopic (exact) mass is 198 g/mol. The van der Waals surface area contributed by atoms with Gasteiger partial charge in [-0.1, -0.05) is 33.1 Å². The van der Waals surface area contributed by atoms with Crippen molar-refractivity contribution in [2.45, 2.75) is 52.4 Å². The average molecular weight is 198 g/mol. The fourth-order valence-electron chi connectivity index (χ4n) is 2.60. The molecule has 0 bridgehead atoms. The van der Waals surface area contributed by atoms with Gasteiger partial charge >= 0.3 is 5.97 Å². The molecule has 1 aliphatic carbocycles. The summed E-state index contributed by atoms with van der Waals surface area (Å²) in [5.41, 5.74) is 0. The van der Waals surface area contributed by atoms with Crippen LogP contribution in [0.2, 0.25) is 0 Å². The van der Waals surface area contributed by atoms with Crippen molar-refractivity contribution in [3.05, 3.63) is 0 Å². The minimum atomic E-state index is -0.572. The topological polar surface area (TPSA) is 37.3 Å². The highest BCUT2D eigenvalue weighted by molar-refractivity contribution is 5.70. The molecule has 0 aromatic carbocycles. The van der Waals surface area contributed by atoms with E-state index < -0.39 is 5.97 Å². The molecule has 2 nitrogen and oxygen atoms in total. The number of aliphatic carboxylic acids is 1. The highest BCUT2D eigenvalue weighted by atomic mass is 16.4. The van der Waals surface area contributed by atoms with Crippen LogP contribution in [0.5, 0.6) is 0 Å². The summed E-state index contributed by atoms with van der Waals surface area (Å²) in [4.78, 5) is 11.1. The zero-order valence-corrected chi connectivity index (χ0v) is 9.33. The van der Waals surface area contributed by atoms with Gasteiger partial charge in [-0.05, 0) is 31.1 Å². The summed E-state index contributed by atoms with van der Waals surface area (Å²) in [5, 5.41) is 9.15. The van der Waals surface area contributed by atoms with Crippen molar-refractivity contribution in [2.75, 3.05) is 0 Å². The third-order valence-corrected chi connectivity index (χ3v) is 3.25. The quantitative estimate of drug-likeness (QED) is 0.706. The van der Waals surface area contributed by atoms with Gasteiger partial charge in [-0.3, -0.25) is 4.79 Å². The Balaban J connectivity index is 2.59. The second kappa shape index (κ2) is 5.38. The van der Waals surface area contributed by atoms with Gasteiger partial charge in [-0.25, -0.2) is 0 Å². The second-order valence-electron chi connectivity index (χ2n) is 4.97. The van der Waals surface area contributed by atoms with Crippen molar-refractivity contribution in [1.29, 1.82) is 0 Å². The van der Waals surface area contributed by atoms with Crippen LogP contribution in [0.15, 0.2) is 0 Å². The van der Waals surface area contributed by atoms with Crippen LogP contribution in [-0.4, -0.2) is 11.1 Å². The standard InChI is InChI=1S/C12H22O2/c1-9(2)8-10-6-4-3-5-7-11(10)12(13)14/h9-11H,3-8H2,1-2H3,(H,13,14). The van der Waals surface area contributed by atoms with Crippen molar-refractivity contribution in [2.24, 2.45) is 17.8 Å². The first-order valence-electron chi connectivity index (χ1n) is 5.84. The van der Waals surface area contributed by atoms with E-state index in [0.29, 0.717) is 11.8 Å². The Morgan fingerprint density at radius 2 is 1.93 bits per heavy atom. The predicted octanol–water partition coefficient (Wildman–Crippen LogP) is 3.31. The summed E-state index contributed by atoms with van der Waals surface area (Å²) >= 11 is 0. The van der Waals surface area contributed by atoms with Gasteiger partial charge in [0.15, 0.2) is 0 Å². The van der Waals surface area contributed by atoms with Crippen molar-refractivity contribution in [3.8, 4) is 0 Å². The third-order valence-electron chi connectivity index (χ3n) is 3.25. The first-order valence-corrected chi connectivity index (χ1v) is 5.84. The minimum Gasteiger partial charge on any atom is -0.481 e. The molecule has 1 rings (SSSR count). The first-order chi connectivity index (χ1) is 6.61. The Hall–Kier alpha value is -0.530. The molecule has 1 N–H and O–H groups in total. The van der Waals surface area contributed by atoms with E-state index in [4.69, 9.17) is 5.11 Å². The summed E-state index contributed by atoms with van der Waals surface area (Å²) in [6.07, 6.45) is 6.64. The second-order valence-corrected chi connectivity index (χ2v) is 4.97. The van der Waals surface area contributed by atoms with Crippen molar-refractivity contribution >= 4 is 5.97 Å². The molecule has 0 radical (unpaired) electrons. The van der Waals surface area contributed by atoms with Gasteiger partial charge in [-0.2, -0.15) is 0 Å². The number of carbonyl (C=O) groups is 1. The lowest BCUT2D eigenvalue weighted by Gasteiger charge is -2.23. The molecule has 0 aliphatic heterocycles. The highest BCUT2D eigenvalue weighted by Crippen LogP contribution is 2.33. The van der Waals surface area contributed by atoms with Crippen LogP contribution >= 0.6 is 0 Å². The number of rotatable bonds is 3. The van der Waals surface area contributed by atoms with E-state index in [1.807, 2.05) is 0 Å². The molecule has 0 aromatic heterocycles. The Labute approximate surface area is 86.7 Å². The summed E-state index contributed by atoms with van der Waals surface area (Å²) in [6.45, 7) is 4.37. The number of carboxylic acids is 1. The average Bonchev–Trinajstić information content (AvgIpc) is 2.28. The van der Waals surface area contributed by atoms with Gasteiger partial charge in [0, 0.05) is 0 Å². The maximum Gasteiger partial charge on any atom is 0.306 e. The Kier molecular flexibility index (Phi) is 4.43.